The Morgan fingerprint density at radius 2 is 1.61 bits per heavy atom. The molecule has 1 saturated heterocycles. The third-order valence-corrected chi connectivity index (χ3v) is 5.96. The molecule has 5 rings (SSSR count). The summed E-state index contributed by atoms with van der Waals surface area (Å²) in [5, 5.41) is 15.2. The summed E-state index contributed by atoms with van der Waals surface area (Å²) in [5.41, 5.74) is 4.22. The van der Waals surface area contributed by atoms with Gasteiger partial charge < -0.3 is 9.52 Å². The molecule has 1 aliphatic rings. The highest BCUT2D eigenvalue weighted by Gasteiger charge is 2.21. The van der Waals surface area contributed by atoms with Crippen molar-refractivity contribution in [2.45, 2.75) is 13.1 Å². The second kappa shape index (κ2) is 9.06. The molecule has 1 N–H and O–H groups in total. The first kappa shape index (κ1) is 20.0. The van der Waals surface area contributed by atoms with Gasteiger partial charge in [-0.2, -0.15) is 5.10 Å². The van der Waals surface area contributed by atoms with Gasteiger partial charge in [0.05, 0.1) is 13.2 Å². The first-order chi connectivity index (χ1) is 15.3. The van der Waals surface area contributed by atoms with Gasteiger partial charge in [-0.15, -0.1) is 0 Å². The highest BCUT2D eigenvalue weighted by atomic mass is 16.3. The Morgan fingerprint density at radius 1 is 0.871 bits per heavy atom. The fourth-order valence-electron chi connectivity index (χ4n) is 4.29. The molecular formula is C25H28N4O2. The number of rotatable bonds is 7. The molecule has 0 bridgehead atoms. The van der Waals surface area contributed by atoms with Gasteiger partial charge in [0.15, 0.2) is 5.76 Å². The van der Waals surface area contributed by atoms with Crippen molar-refractivity contribution in [3.8, 4) is 11.5 Å². The van der Waals surface area contributed by atoms with Crippen LogP contribution in [0.25, 0.3) is 22.4 Å². The second-order valence-corrected chi connectivity index (χ2v) is 8.18. The standard InChI is InChI=1S/C25H28N4O2/c30-15-14-27-10-12-28(13-11-27)18-22-19-29(17-20-6-2-1-3-7-20)26-25(22)24-16-21-8-4-5-9-23(21)31-24/h1-9,16,19,30H,10-15,17-18H2. The summed E-state index contributed by atoms with van der Waals surface area (Å²) < 4.78 is 8.19. The lowest BCUT2D eigenvalue weighted by Gasteiger charge is -2.34. The van der Waals surface area contributed by atoms with E-state index in [1.165, 1.54) is 11.1 Å². The number of furan rings is 1. The number of aliphatic hydroxyl groups excluding tert-OH is 1. The summed E-state index contributed by atoms with van der Waals surface area (Å²) in [6, 6.07) is 20.6. The summed E-state index contributed by atoms with van der Waals surface area (Å²) >= 11 is 0. The molecule has 2 aromatic heterocycles. The lowest BCUT2D eigenvalue weighted by Crippen LogP contribution is -2.46. The monoisotopic (exact) mass is 416 g/mol. The van der Waals surface area contributed by atoms with Crippen molar-refractivity contribution in [1.82, 2.24) is 19.6 Å². The number of piperazine rings is 1. The molecule has 1 fully saturated rings. The van der Waals surface area contributed by atoms with Gasteiger partial charge in [0.2, 0.25) is 0 Å². The highest BCUT2D eigenvalue weighted by molar-refractivity contribution is 5.82. The van der Waals surface area contributed by atoms with Crippen molar-refractivity contribution in [1.29, 1.82) is 0 Å². The maximum Gasteiger partial charge on any atom is 0.156 e. The van der Waals surface area contributed by atoms with E-state index in [1.807, 2.05) is 28.9 Å². The maximum atomic E-state index is 9.19. The number of fused-ring (bicyclic) bond motifs is 1. The molecule has 160 valence electrons. The molecule has 4 aromatic rings. The molecular weight excluding hydrogens is 388 g/mol. The summed E-state index contributed by atoms with van der Waals surface area (Å²) in [5.74, 6) is 0.821. The van der Waals surface area contributed by atoms with E-state index in [2.05, 4.69) is 52.4 Å². The van der Waals surface area contributed by atoms with E-state index in [1.54, 1.807) is 0 Å². The molecule has 3 heterocycles. The number of para-hydroxylation sites is 1. The first-order valence-electron chi connectivity index (χ1n) is 10.9. The molecule has 0 saturated carbocycles. The van der Waals surface area contributed by atoms with Crippen LogP contribution in [0.4, 0.5) is 0 Å². The fraction of sp³-hybridized carbons (Fsp3) is 0.320. The Hall–Kier alpha value is -2.93. The number of hydrogen-bond donors (Lipinski definition) is 1. The molecule has 2 aromatic carbocycles. The van der Waals surface area contributed by atoms with Crippen molar-refractivity contribution in [3.63, 3.8) is 0 Å². The van der Waals surface area contributed by atoms with Crippen LogP contribution in [0.3, 0.4) is 0 Å². The minimum atomic E-state index is 0.225. The van der Waals surface area contributed by atoms with Crippen LogP contribution >= 0.6 is 0 Å². The van der Waals surface area contributed by atoms with Crippen LogP contribution in [0.5, 0.6) is 0 Å². The molecule has 0 unspecified atom stereocenters. The van der Waals surface area contributed by atoms with Gasteiger partial charge in [-0.3, -0.25) is 14.5 Å². The Bertz CT molecular complexity index is 1090. The molecule has 0 radical (unpaired) electrons. The third kappa shape index (κ3) is 4.56. The summed E-state index contributed by atoms with van der Waals surface area (Å²) in [4.78, 5) is 4.78. The smallest absolute Gasteiger partial charge is 0.156 e. The number of hydrogen-bond acceptors (Lipinski definition) is 5. The van der Waals surface area contributed by atoms with E-state index >= 15 is 0 Å². The zero-order valence-electron chi connectivity index (χ0n) is 17.7. The van der Waals surface area contributed by atoms with Gasteiger partial charge in [-0.25, -0.2) is 0 Å². The minimum Gasteiger partial charge on any atom is -0.454 e. The summed E-state index contributed by atoms with van der Waals surface area (Å²) in [6.45, 7) is 6.51. The predicted molar refractivity (Wildman–Crippen MR) is 122 cm³/mol. The zero-order chi connectivity index (χ0) is 21.0. The van der Waals surface area contributed by atoms with Crippen LogP contribution < -0.4 is 0 Å². The van der Waals surface area contributed by atoms with E-state index in [9.17, 15) is 5.11 Å². The molecule has 1 aliphatic heterocycles. The van der Waals surface area contributed by atoms with Crippen LogP contribution in [0, 0.1) is 0 Å². The fourth-order valence-corrected chi connectivity index (χ4v) is 4.29. The molecule has 6 heteroatoms. The Balaban J connectivity index is 1.42. The number of aromatic nitrogens is 2. The van der Waals surface area contributed by atoms with E-state index in [0.717, 1.165) is 68.2 Å². The van der Waals surface area contributed by atoms with Crippen LogP contribution in [0.15, 0.2) is 71.3 Å². The van der Waals surface area contributed by atoms with E-state index < -0.39 is 0 Å². The number of nitrogens with zero attached hydrogens (tertiary/aromatic N) is 4. The molecule has 0 aliphatic carbocycles. The SMILES string of the molecule is OCCN1CCN(Cc2cn(Cc3ccccc3)nc2-c2cc3ccccc3o2)CC1. The van der Waals surface area contributed by atoms with E-state index in [4.69, 9.17) is 9.52 Å². The zero-order valence-corrected chi connectivity index (χ0v) is 17.7. The summed E-state index contributed by atoms with van der Waals surface area (Å²) in [7, 11) is 0. The lowest BCUT2D eigenvalue weighted by atomic mass is 10.1. The Morgan fingerprint density at radius 3 is 2.39 bits per heavy atom. The van der Waals surface area contributed by atoms with Gasteiger partial charge in [0, 0.05) is 56.4 Å². The average Bonchev–Trinajstić information content (AvgIpc) is 3.40. The van der Waals surface area contributed by atoms with Crippen molar-refractivity contribution in [2.24, 2.45) is 0 Å². The summed E-state index contributed by atoms with van der Waals surface area (Å²) in [6.07, 6.45) is 2.16. The molecule has 0 spiro atoms. The van der Waals surface area contributed by atoms with Crippen molar-refractivity contribution in [3.05, 3.63) is 78.0 Å². The maximum absolute atomic E-state index is 9.19. The number of aliphatic hydroxyl groups is 1. The van der Waals surface area contributed by atoms with Crippen molar-refractivity contribution >= 4 is 11.0 Å². The quantitative estimate of drug-likeness (QED) is 0.500. The second-order valence-electron chi connectivity index (χ2n) is 8.18. The van der Waals surface area contributed by atoms with Crippen molar-refractivity contribution < 1.29 is 9.52 Å². The molecule has 0 atom stereocenters. The highest BCUT2D eigenvalue weighted by Crippen LogP contribution is 2.30. The Kier molecular flexibility index (Phi) is 5.84. The van der Waals surface area contributed by atoms with Gasteiger partial charge in [0.25, 0.3) is 0 Å². The largest absolute Gasteiger partial charge is 0.454 e. The first-order valence-corrected chi connectivity index (χ1v) is 10.9. The van der Waals surface area contributed by atoms with E-state index in [0.29, 0.717) is 0 Å². The normalized spacial score (nSPS) is 15.6. The predicted octanol–water partition coefficient (Wildman–Crippen LogP) is 3.45. The molecule has 31 heavy (non-hydrogen) atoms. The topological polar surface area (TPSA) is 57.7 Å². The van der Waals surface area contributed by atoms with Crippen LogP contribution in [0.2, 0.25) is 0 Å². The van der Waals surface area contributed by atoms with Crippen LogP contribution in [-0.4, -0.2) is 64.0 Å². The van der Waals surface area contributed by atoms with Gasteiger partial charge in [-0.1, -0.05) is 48.5 Å². The lowest BCUT2D eigenvalue weighted by molar-refractivity contribution is 0.108. The number of β-amino-alcohol motifs (C(OH)–C–C–N with tert-alkyl or cyclic N) is 1. The van der Waals surface area contributed by atoms with Crippen molar-refractivity contribution in [2.75, 3.05) is 39.3 Å². The average molecular weight is 417 g/mol. The van der Waals surface area contributed by atoms with Gasteiger partial charge in [0.1, 0.15) is 11.3 Å². The molecule has 6 nitrogen and oxygen atoms in total. The van der Waals surface area contributed by atoms with E-state index in [-0.39, 0.29) is 6.61 Å². The Labute approximate surface area is 182 Å². The van der Waals surface area contributed by atoms with Crippen LogP contribution in [0.1, 0.15) is 11.1 Å². The number of benzene rings is 2. The minimum absolute atomic E-state index is 0.225. The third-order valence-electron chi connectivity index (χ3n) is 5.96. The van der Waals surface area contributed by atoms with Gasteiger partial charge >= 0.3 is 0 Å². The van der Waals surface area contributed by atoms with Crippen LogP contribution in [-0.2, 0) is 13.1 Å². The van der Waals surface area contributed by atoms with Gasteiger partial charge in [-0.05, 0) is 17.7 Å². The molecule has 0 amide bonds.